The molecule has 0 radical (unpaired) electrons. The minimum absolute atomic E-state index is 0.0671. The second kappa shape index (κ2) is 8.31. The van der Waals surface area contributed by atoms with Gasteiger partial charge in [0.05, 0.1) is 4.88 Å². The summed E-state index contributed by atoms with van der Waals surface area (Å²) in [5.41, 5.74) is 0. The fourth-order valence-corrected chi connectivity index (χ4v) is 2.68. The van der Waals surface area contributed by atoms with Crippen LogP contribution in [-0.2, 0) is 6.54 Å². The smallest absolute Gasteiger partial charge is 0.104 e. The number of hydrogen-bond donors (Lipinski definition) is 1. The lowest BCUT2D eigenvalue weighted by Gasteiger charge is -2.22. The van der Waals surface area contributed by atoms with E-state index in [0.717, 1.165) is 30.4 Å². The minimum Gasteiger partial charge on any atom is -0.384 e. The summed E-state index contributed by atoms with van der Waals surface area (Å²) in [7, 11) is 0. The third-order valence-electron chi connectivity index (χ3n) is 3.05. The van der Waals surface area contributed by atoms with Gasteiger partial charge in [-0.25, -0.2) is 0 Å². The molecule has 1 N–H and O–H groups in total. The zero-order valence-corrected chi connectivity index (χ0v) is 12.4. The molecule has 0 spiro atoms. The molecule has 0 saturated carbocycles. The molecule has 0 amide bonds. The van der Waals surface area contributed by atoms with Gasteiger partial charge < -0.3 is 5.11 Å². The van der Waals surface area contributed by atoms with Gasteiger partial charge in [-0.15, -0.1) is 11.3 Å². The highest BCUT2D eigenvalue weighted by Gasteiger charge is 2.09. The summed E-state index contributed by atoms with van der Waals surface area (Å²) < 4.78 is 0. The second-order valence-electron chi connectivity index (χ2n) is 4.57. The molecule has 2 nitrogen and oxygen atoms in total. The van der Waals surface area contributed by atoms with Gasteiger partial charge in [0.15, 0.2) is 0 Å². The van der Waals surface area contributed by atoms with Crippen LogP contribution in [0.4, 0.5) is 0 Å². The second-order valence-corrected chi connectivity index (χ2v) is 5.74. The summed E-state index contributed by atoms with van der Waals surface area (Å²) in [6, 6.07) is 4.19. The van der Waals surface area contributed by atoms with Gasteiger partial charge in [-0.2, -0.15) is 0 Å². The van der Waals surface area contributed by atoms with Crippen LogP contribution in [0.15, 0.2) is 12.1 Å². The van der Waals surface area contributed by atoms with Gasteiger partial charge in [-0.3, -0.25) is 4.90 Å². The van der Waals surface area contributed by atoms with Crippen molar-refractivity contribution in [2.45, 2.75) is 33.7 Å². The zero-order valence-electron chi connectivity index (χ0n) is 11.6. The molecule has 100 valence electrons. The Bertz CT molecular complexity index is 402. The number of hydrogen-bond acceptors (Lipinski definition) is 3. The topological polar surface area (TPSA) is 23.5 Å². The Labute approximate surface area is 115 Å². The molecule has 1 rings (SSSR count). The first-order valence-electron chi connectivity index (χ1n) is 6.60. The van der Waals surface area contributed by atoms with Crippen LogP contribution in [0.5, 0.6) is 0 Å². The lowest BCUT2D eigenvalue weighted by Crippen LogP contribution is -2.27. The van der Waals surface area contributed by atoms with Gasteiger partial charge in [0.2, 0.25) is 0 Å². The van der Waals surface area contributed by atoms with E-state index in [-0.39, 0.29) is 6.61 Å². The molecule has 0 fully saturated rings. The molecular formula is C15H23NOS. The molecule has 0 aromatic carbocycles. The van der Waals surface area contributed by atoms with Gasteiger partial charge in [0.25, 0.3) is 0 Å². The van der Waals surface area contributed by atoms with Crippen molar-refractivity contribution >= 4 is 11.3 Å². The lowest BCUT2D eigenvalue weighted by atomic mass is 10.1. The predicted octanol–water partition coefficient (Wildman–Crippen LogP) is 2.96. The number of rotatable bonds is 6. The molecule has 0 saturated heterocycles. The molecule has 1 aromatic rings. The third-order valence-corrected chi connectivity index (χ3v) is 4.03. The first-order chi connectivity index (χ1) is 8.69. The lowest BCUT2D eigenvalue weighted by molar-refractivity contribution is 0.240. The van der Waals surface area contributed by atoms with Crippen molar-refractivity contribution in [2.75, 3.05) is 19.7 Å². The average molecular weight is 265 g/mol. The van der Waals surface area contributed by atoms with E-state index >= 15 is 0 Å². The maximum Gasteiger partial charge on any atom is 0.104 e. The van der Waals surface area contributed by atoms with E-state index in [0.29, 0.717) is 0 Å². The largest absolute Gasteiger partial charge is 0.384 e. The third kappa shape index (κ3) is 5.22. The predicted molar refractivity (Wildman–Crippen MR) is 78.7 cm³/mol. The highest BCUT2D eigenvalue weighted by molar-refractivity contribution is 7.12. The summed E-state index contributed by atoms with van der Waals surface area (Å²) >= 11 is 1.72. The van der Waals surface area contributed by atoms with Crippen molar-refractivity contribution in [1.82, 2.24) is 4.90 Å². The van der Waals surface area contributed by atoms with Gasteiger partial charge in [0.1, 0.15) is 6.61 Å². The van der Waals surface area contributed by atoms with Crippen molar-refractivity contribution < 1.29 is 5.11 Å². The number of aliphatic hydroxyl groups excluding tert-OH is 1. The normalized spacial score (nSPS) is 12.3. The van der Waals surface area contributed by atoms with Crippen LogP contribution in [0, 0.1) is 17.8 Å². The van der Waals surface area contributed by atoms with Crippen molar-refractivity contribution in [3.8, 4) is 11.8 Å². The summed E-state index contributed by atoms with van der Waals surface area (Å²) in [6.45, 7) is 9.93. The fraction of sp³-hybridized carbons (Fsp3) is 0.600. The van der Waals surface area contributed by atoms with E-state index < -0.39 is 0 Å². The van der Waals surface area contributed by atoms with Gasteiger partial charge in [-0.1, -0.05) is 39.0 Å². The summed E-state index contributed by atoms with van der Waals surface area (Å²) in [6.07, 6.45) is 1.23. The van der Waals surface area contributed by atoms with E-state index in [4.69, 9.17) is 5.11 Å². The standard InChI is InChI=1S/C15H23NOS/c1-4-13(3)11-16(5-2)12-15-9-8-14(18-15)7-6-10-17/h8-9,13,17H,4-5,10-12H2,1-3H3. The Hall–Kier alpha value is -0.820. The van der Waals surface area contributed by atoms with Crippen LogP contribution >= 0.6 is 11.3 Å². The van der Waals surface area contributed by atoms with Gasteiger partial charge >= 0.3 is 0 Å². The first kappa shape index (κ1) is 15.2. The number of thiophene rings is 1. The molecule has 18 heavy (non-hydrogen) atoms. The molecule has 3 heteroatoms. The summed E-state index contributed by atoms with van der Waals surface area (Å²) in [5.74, 6) is 6.40. The molecule has 1 heterocycles. The summed E-state index contributed by atoms with van der Waals surface area (Å²) in [5, 5.41) is 8.67. The van der Waals surface area contributed by atoms with E-state index in [2.05, 4.69) is 43.6 Å². The molecule has 1 atom stereocenters. The monoisotopic (exact) mass is 265 g/mol. The van der Waals surface area contributed by atoms with Crippen molar-refractivity contribution in [2.24, 2.45) is 5.92 Å². The molecule has 0 aliphatic carbocycles. The SMILES string of the molecule is CCC(C)CN(CC)Cc1ccc(C#CCO)s1. The quantitative estimate of drug-likeness (QED) is 0.799. The minimum atomic E-state index is -0.0671. The number of aliphatic hydroxyl groups is 1. The first-order valence-corrected chi connectivity index (χ1v) is 7.42. The zero-order chi connectivity index (χ0) is 13.4. The van der Waals surface area contributed by atoms with Crippen LogP contribution in [0.25, 0.3) is 0 Å². The Kier molecular flexibility index (Phi) is 7.04. The molecule has 1 aromatic heterocycles. The van der Waals surface area contributed by atoms with Crippen molar-refractivity contribution in [3.63, 3.8) is 0 Å². The van der Waals surface area contributed by atoms with Crippen molar-refractivity contribution in [1.29, 1.82) is 0 Å². The Morgan fingerprint density at radius 1 is 1.39 bits per heavy atom. The van der Waals surface area contributed by atoms with Crippen molar-refractivity contribution in [3.05, 3.63) is 21.9 Å². The maximum absolute atomic E-state index is 8.67. The summed E-state index contributed by atoms with van der Waals surface area (Å²) in [4.78, 5) is 4.87. The highest BCUT2D eigenvalue weighted by atomic mass is 32.1. The fourth-order valence-electron chi connectivity index (χ4n) is 1.75. The molecule has 1 unspecified atom stereocenters. The maximum atomic E-state index is 8.67. The average Bonchev–Trinajstić information content (AvgIpc) is 2.82. The van der Waals surface area contributed by atoms with Gasteiger partial charge in [-0.05, 0) is 24.6 Å². The van der Waals surface area contributed by atoms with Gasteiger partial charge in [0, 0.05) is 18.0 Å². The molecule has 0 aliphatic heterocycles. The Morgan fingerprint density at radius 2 is 2.17 bits per heavy atom. The van der Waals surface area contributed by atoms with E-state index in [1.54, 1.807) is 11.3 Å². The van der Waals surface area contributed by atoms with Crippen LogP contribution in [0.1, 0.15) is 36.9 Å². The molecular weight excluding hydrogens is 242 g/mol. The molecule has 0 aliphatic rings. The molecule has 0 bridgehead atoms. The van der Waals surface area contributed by atoms with E-state index in [1.807, 2.05) is 6.07 Å². The van der Waals surface area contributed by atoms with E-state index in [1.165, 1.54) is 11.3 Å². The highest BCUT2D eigenvalue weighted by Crippen LogP contribution is 2.18. The van der Waals surface area contributed by atoms with Crippen LogP contribution in [0.2, 0.25) is 0 Å². The van der Waals surface area contributed by atoms with Crippen LogP contribution in [-0.4, -0.2) is 29.7 Å². The van der Waals surface area contributed by atoms with Crippen LogP contribution < -0.4 is 0 Å². The van der Waals surface area contributed by atoms with E-state index in [9.17, 15) is 0 Å². The number of nitrogens with zero attached hydrogens (tertiary/aromatic N) is 1. The van der Waals surface area contributed by atoms with Crippen LogP contribution in [0.3, 0.4) is 0 Å². The Morgan fingerprint density at radius 3 is 2.78 bits per heavy atom. The Balaban J connectivity index is 2.56.